The first-order valence-corrected chi connectivity index (χ1v) is 4.52. The molecule has 0 bridgehead atoms. The van der Waals surface area contributed by atoms with E-state index in [2.05, 4.69) is 0 Å². The second kappa shape index (κ2) is 0.500. The van der Waals surface area contributed by atoms with E-state index in [1.165, 1.54) is 0 Å². The molecule has 0 aliphatic heterocycles. The third-order valence-corrected chi connectivity index (χ3v) is 0. The molecule has 41 valence electrons. The first kappa shape index (κ1) is 6.38. The van der Waals surface area contributed by atoms with Crippen molar-refractivity contribution in [3.05, 3.63) is 0 Å². The van der Waals surface area contributed by atoms with Gasteiger partial charge in [0.05, 0.1) is 0 Å². The molecule has 7 heteroatoms. The summed E-state index contributed by atoms with van der Waals surface area (Å²) in [5.41, 5.74) is 0. The van der Waals surface area contributed by atoms with Crippen LogP contribution in [-0.2, 0) is 33.5 Å². The summed E-state index contributed by atoms with van der Waals surface area (Å²) in [6, 6.07) is 0. The van der Waals surface area contributed by atoms with Gasteiger partial charge in [-0.15, -0.1) is 0 Å². The molecule has 0 aromatic carbocycles. The topological polar surface area (TPSA) is 102 Å². The average Bonchev–Trinajstić information content (AvgIpc) is 0.592. The second-order valence-electron chi connectivity index (χ2n) is 1.12. The van der Waals surface area contributed by atoms with E-state index in [0.717, 1.165) is 0 Å². The molecule has 0 aromatic rings. The van der Waals surface area contributed by atoms with Gasteiger partial charge < -0.3 is 0 Å². The Labute approximate surface area is 34.3 Å². The van der Waals surface area contributed by atoms with Gasteiger partial charge in [0.1, 0.15) is 0 Å². The summed E-state index contributed by atoms with van der Waals surface area (Å²) in [6.45, 7) is 0. The van der Waals surface area contributed by atoms with Crippen LogP contribution in [0.5, 0.6) is 0 Å². The van der Waals surface area contributed by atoms with Crippen LogP contribution in [0.15, 0.2) is 0 Å². The Bertz CT molecular complexity index is 432. The molecule has 6 nitrogen and oxygen atoms in total. The molecule has 0 aromatic heterocycles. The van der Waals surface area contributed by atoms with E-state index in [4.69, 9.17) is 22.0 Å². The zero-order chi connectivity index (χ0) is 6.41. The Kier molecular flexibility index (Phi) is 0.456. The maximum atomic E-state index is 8.66. The van der Waals surface area contributed by atoms with Crippen LogP contribution < -0.4 is 0 Å². The van der Waals surface area contributed by atoms with Crippen LogP contribution >= 0.6 is 0 Å². The Morgan fingerprint density at radius 1 is 0.571 bits per heavy atom. The van der Waals surface area contributed by atoms with Crippen LogP contribution in [0.1, 0.15) is 0 Å². The molecule has 0 saturated heterocycles. The third-order valence-electron chi connectivity index (χ3n) is 0. The summed E-state index contributed by atoms with van der Waals surface area (Å²) in [5.74, 6) is 0. The van der Waals surface area contributed by atoms with Gasteiger partial charge in [0.2, 0.25) is 0 Å². The molecule has 0 fully saturated rings. The van der Waals surface area contributed by atoms with Gasteiger partial charge in [-0.1, -0.05) is 0 Å². The van der Waals surface area contributed by atoms with Crippen LogP contribution in [0.3, 0.4) is 0 Å². The van der Waals surface area contributed by atoms with Crippen LogP contribution in [-0.4, -0.2) is 0 Å². The number of hydrogen-bond acceptors (Lipinski definition) is 6. The minimum atomic E-state index is -9.56. The molecule has 7 heavy (non-hydrogen) atoms. The number of hydrogen-bond donors (Lipinski definition) is 0. The molecule has 0 atom stereocenters. The number of rotatable bonds is 0. The fourth-order valence-corrected chi connectivity index (χ4v) is 0. The molecular formula is O6V. The Morgan fingerprint density at radius 3 is 0.571 bits per heavy atom. The van der Waals surface area contributed by atoms with Gasteiger partial charge in [0, 0.05) is 0 Å². The van der Waals surface area contributed by atoms with Crippen molar-refractivity contribution >= 4 is 0 Å². The summed E-state index contributed by atoms with van der Waals surface area (Å²) in [7, 11) is 0. The molecule has 0 saturated carbocycles. The van der Waals surface area contributed by atoms with E-state index >= 15 is 0 Å². The van der Waals surface area contributed by atoms with E-state index in [1.54, 1.807) is 0 Å². The summed E-state index contributed by atoms with van der Waals surface area (Å²) in [6.07, 6.45) is 0. The summed E-state index contributed by atoms with van der Waals surface area (Å²) < 4.78 is 51.9. The van der Waals surface area contributed by atoms with E-state index < -0.39 is 11.4 Å². The zero-order valence-corrected chi connectivity index (χ0v) is 4.29. The van der Waals surface area contributed by atoms with E-state index in [1.807, 2.05) is 0 Å². The van der Waals surface area contributed by atoms with E-state index in [-0.39, 0.29) is 0 Å². The van der Waals surface area contributed by atoms with Crippen LogP contribution in [0, 0.1) is 0 Å². The van der Waals surface area contributed by atoms with Crippen molar-refractivity contribution in [1.82, 2.24) is 0 Å². The molecule has 0 radical (unpaired) electrons. The normalized spacial score (nSPS) is 12.0. The van der Waals surface area contributed by atoms with Crippen LogP contribution in [0.25, 0.3) is 0 Å². The molecule has 0 heterocycles. The molecule has 0 aliphatic carbocycles. The first-order valence-electron chi connectivity index (χ1n) is 1.10. The first-order chi connectivity index (χ1) is 2.45. The van der Waals surface area contributed by atoms with Crippen molar-refractivity contribution in [2.75, 3.05) is 0 Å². The average molecular weight is 147 g/mol. The van der Waals surface area contributed by atoms with Gasteiger partial charge in [0.25, 0.3) is 0 Å². The fraction of sp³-hybridized carbons (Fsp3) is 0. The zero-order valence-electron chi connectivity index (χ0n) is 2.90. The Morgan fingerprint density at radius 2 is 0.571 bits per heavy atom. The molecule has 0 spiro atoms. The monoisotopic (exact) mass is 147 g/mol. The molecule has 0 N–H and O–H groups in total. The summed E-state index contributed by atoms with van der Waals surface area (Å²) in [4.78, 5) is 0. The van der Waals surface area contributed by atoms with Crippen molar-refractivity contribution in [2.24, 2.45) is 0 Å². The van der Waals surface area contributed by atoms with Crippen molar-refractivity contribution < 1.29 is 33.5 Å². The van der Waals surface area contributed by atoms with Crippen molar-refractivity contribution in [3.63, 3.8) is 0 Å². The van der Waals surface area contributed by atoms with Gasteiger partial charge in [-0.3, -0.25) is 0 Å². The molecule has 0 aliphatic rings. The quantitative estimate of drug-likeness (QED) is 0.448. The van der Waals surface area contributed by atoms with E-state index in [0.29, 0.717) is 0 Å². The van der Waals surface area contributed by atoms with E-state index in [9.17, 15) is 0 Å². The summed E-state index contributed by atoms with van der Waals surface area (Å²) >= 11 is -9.56. The van der Waals surface area contributed by atoms with Gasteiger partial charge in [-0.25, -0.2) is 0 Å². The Hall–Kier alpha value is -0.616. The fourth-order valence-electron chi connectivity index (χ4n) is 0. The van der Waals surface area contributed by atoms with Crippen LogP contribution in [0.4, 0.5) is 0 Å². The molecule has 0 unspecified atom stereocenters. The predicted octanol–water partition coefficient (Wildman–Crippen LogP) is -0.715. The molecular weight excluding hydrogens is 147 g/mol. The second-order valence-corrected chi connectivity index (χ2v) is 4.61. The van der Waals surface area contributed by atoms with Crippen molar-refractivity contribution in [2.45, 2.75) is 0 Å². The molecule has 0 rings (SSSR count). The van der Waals surface area contributed by atoms with Gasteiger partial charge >= 0.3 is 33.5 Å². The summed E-state index contributed by atoms with van der Waals surface area (Å²) in [5, 5.41) is 0. The van der Waals surface area contributed by atoms with Gasteiger partial charge in [-0.05, 0) is 0 Å². The van der Waals surface area contributed by atoms with Gasteiger partial charge in [-0.2, -0.15) is 0 Å². The van der Waals surface area contributed by atoms with Crippen molar-refractivity contribution in [1.29, 1.82) is 0 Å². The minimum absolute atomic E-state index is 8.66. The van der Waals surface area contributed by atoms with Gasteiger partial charge in [0.15, 0.2) is 0 Å². The predicted molar refractivity (Wildman–Crippen MR) is 4.12 cm³/mol. The SMILES string of the molecule is [O]=[V](=[O])(=[O])(=[O])(=[O])=[O]. The maximum absolute atomic E-state index is 9.56. The van der Waals surface area contributed by atoms with Crippen molar-refractivity contribution in [3.8, 4) is 0 Å². The third kappa shape index (κ3) is 163. The van der Waals surface area contributed by atoms with Crippen LogP contribution in [0.2, 0.25) is 0 Å². The Balaban J connectivity index is 8.86. The standard InChI is InChI=1S/6O.V. The molecule has 0 amide bonds.